The summed E-state index contributed by atoms with van der Waals surface area (Å²) in [6, 6.07) is 8.12. The Labute approximate surface area is 161 Å². The van der Waals surface area contributed by atoms with Crippen LogP contribution in [0, 0.1) is 23.0 Å². The third-order valence-corrected chi connectivity index (χ3v) is 4.37. The van der Waals surface area contributed by atoms with Crippen molar-refractivity contribution in [1.29, 1.82) is 5.26 Å². The first kappa shape index (κ1) is 18.8. The molecule has 27 heavy (non-hydrogen) atoms. The van der Waals surface area contributed by atoms with E-state index in [-0.39, 0.29) is 18.7 Å². The molecule has 3 rings (SSSR count). The predicted molar refractivity (Wildman–Crippen MR) is 94.8 cm³/mol. The lowest BCUT2D eigenvalue weighted by molar-refractivity contribution is -0.125. The van der Waals surface area contributed by atoms with E-state index in [0.717, 1.165) is 16.6 Å². The molecule has 1 aliphatic rings. The van der Waals surface area contributed by atoms with Crippen LogP contribution in [0.1, 0.15) is 11.6 Å². The van der Waals surface area contributed by atoms with Crippen molar-refractivity contribution in [3.63, 3.8) is 0 Å². The summed E-state index contributed by atoms with van der Waals surface area (Å²) in [5.41, 5.74) is 0.246. The highest BCUT2D eigenvalue weighted by atomic mass is 79.9. The molecule has 9 heteroatoms. The molecular weight excluding hydrogens is 424 g/mol. The Bertz CT molecular complexity index is 961. The van der Waals surface area contributed by atoms with Crippen LogP contribution >= 0.6 is 15.9 Å². The minimum atomic E-state index is -1.32. The molecular formula is C18H12BrF2N3O3. The Morgan fingerprint density at radius 1 is 1.33 bits per heavy atom. The fourth-order valence-electron chi connectivity index (χ4n) is 2.62. The molecule has 1 heterocycles. The first-order valence-electron chi connectivity index (χ1n) is 7.75. The topological polar surface area (TPSA) is 82.4 Å². The van der Waals surface area contributed by atoms with Gasteiger partial charge >= 0.3 is 0 Å². The number of halogens is 3. The van der Waals surface area contributed by atoms with Gasteiger partial charge in [-0.15, -0.1) is 0 Å². The highest BCUT2D eigenvalue weighted by Crippen LogP contribution is 2.34. The molecule has 2 aromatic rings. The number of hydrogen-bond donors (Lipinski definition) is 1. The van der Waals surface area contributed by atoms with Gasteiger partial charge in [0.05, 0.1) is 11.8 Å². The maximum absolute atomic E-state index is 13.9. The second-order valence-corrected chi connectivity index (χ2v) is 6.59. The number of ether oxygens (including phenoxy) is 1. The number of fused-ring (bicyclic) bond motifs is 1. The molecule has 1 aliphatic heterocycles. The zero-order chi connectivity index (χ0) is 19.6. The molecule has 0 bridgehead atoms. The summed E-state index contributed by atoms with van der Waals surface area (Å²) in [6.45, 7) is -0.608. The molecule has 6 nitrogen and oxygen atoms in total. The monoisotopic (exact) mass is 435 g/mol. The van der Waals surface area contributed by atoms with Crippen LogP contribution in [0.4, 0.5) is 14.5 Å². The summed E-state index contributed by atoms with van der Waals surface area (Å²) >= 11 is 3.30. The van der Waals surface area contributed by atoms with Crippen molar-refractivity contribution in [3.05, 3.63) is 58.1 Å². The summed E-state index contributed by atoms with van der Waals surface area (Å²) in [5, 5.41) is 11.6. The van der Waals surface area contributed by atoms with Crippen molar-refractivity contribution in [1.82, 2.24) is 5.32 Å². The standard InChI is InChI=1S/C18H12BrF2N3O3/c19-10-1-4-15-16(5-10)27-9-18(26)24(15)8-17(25)23-14(7-22)12-3-2-11(20)6-13(12)21/h1-6,14H,8-9H2,(H,23,25). The van der Waals surface area contributed by atoms with Crippen LogP contribution in [0.15, 0.2) is 40.9 Å². The lowest BCUT2D eigenvalue weighted by Crippen LogP contribution is -2.45. The van der Waals surface area contributed by atoms with Gasteiger partial charge in [-0.3, -0.25) is 14.5 Å². The summed E-state index contributed by atoms with van der Waals surface area (Å²) in [4.78, 5) is 25.7. The second kappa shape index (κ2) is 7.72. The van der Waals surface area contributed by atoms with E-state index in [1.165, 1.54) is 4.90 Å². The first-order chi connectivity index (χ1) is 12.9. The van der Waals surface area contributed by atoms with Crippen molar-refractivity contribution in [3.8, 4) is 11.8 Å². The molecule has 2 aromatic carbocycles. The number of benzene rings is 2. The number of hydrogen-bond acceptors (Lipinski definition) is 4. The molecule has 0 fully saturated rings. The summed E-state index contributed by atoms with van der Waals surface area (Å²) in [5.74, 6) is -2.41. The van der Waals surface area contributed by atoms with Gasteiger partial charge in [0.25, 0.3) is 5.91 Å². The summed E-state index contributed by atoms with van der Waals surface area (Å²) in [7, 11) is 0. The molecule has 0 aliphatic carbocycles. The number of rotatable bonds is 4. The fraction of sp³-hybridized carbons (Fsp3) is 0.167. The van der Waals surface area contributed by atoms with Crippen molar-refractivity contribution in [2.75, 3.05) is 18.1 Å². The lowest BCUT2D eigenvalue weighted by Gasteiger charge is -2.29. The largest absolute Gasteiger partial charge is 0.482 e. The molecule has 0 saturated heterocycles. The van der Waals surface area contributed by atoms with Crippen LogP contribution in [0.3, 0.4) is 0 Å². The minimum absolute atomic E-state index is 0.162. The number of amides is 2. The summed E-state index contributed by atoms with van der Waals surface area (Å²) in [6.07, 6.45) is 0. The van der Waals surface area contributed by atoms with Gasteiger partial charge in [-0.2, -0.15) is 5.26 Å². The number of carbonyl (C=O) groups excluding carboxylic acids is 2. The molecule has 0 spiro atoms. The van der Waals surface area contributed by atoms with E-state index in [1.807, 2.05) is 0 Å². The second-order valence-electron chi connectivity index (χ2n) is 5.68. The van der Waals surface area contributed by atoms with Gasteiger partial charge in [-0.1, -0.05) is 22.0 Å². The Balaban J connectivity index is 1.77. The number of nitrogens with zero attached hydrogens (tertiary/aromatic N) is 2. The van der Waals surface area contributed by atoms with Crippen molar-refractivity contribution in [2.24, 2.45) is 0 Å². The Morgan fingerprint density at radius 3 is 2.81 bits per heavy atom. The zero-order valence-electron chi connectivity index (χ0n) is 13.7. The Morgan fingerprint density at radius 2 is 2.11 bits per heavy atom. The molecule has 2 amide bonds. The molecule has 1 unspecified atom stereocenters. The van der Waals surface area contributed by atoms with E-state index in [1.54, 1.807) is 24.3 Å². The van der Waals surface area contributed by atoms with E-state index in [0.29, 0.717) is 17.5 Å². The Kier molecular flexibility index (Phi) is 5.37. The van der Waals surface area contributed by atoms with E-state index in [2.05, 4.69) is 21.2 Å². The van der Waals surface area contributed by atoms with Gasteiger partial charge in [0.15, 0.2) is 6.61 Å². The highest BCUT2D eigenvalue weighted by molar-refractivity contribution is 9.10. The van der Waals surface area contributed by atoms with Crippen LogP contribution in [-0.4, -0.2) is 25.0 Å². The smallest absolute Gasteiger partial charge is 0.265 e. The SMILES string of the molecule is N#CC(NC(=O)CN1C(=O)COc2cc(Br)ccc21)c1ccc(F)cc1F. The fourth-order valence-corrected chi connectivity index (χ4v) is 2.96. The molecule has 0 saturated carbocycles. The lowest BCUT2D eigenvalue weighted by atomic mass is 10.1. The maximum Gasteiger partial charge on any atom is 0.265 e. The number of nitriles is 1. The van der Waals surface area contributed by atoms with E-state index in [4.69, 9.17) is 4.74 Å². The quantitative estimate of drug-likeness (QED) is 0.800. The van der Waals surface area contributed by atoms with Gasteiger partial charge in [-0.25, -0.2) is 8.78 Å². The van der Waals surface area contributed by atoms with Gasteiger partial charge in [0, 0.05) is 16.1 Å². The average molecular weight is 436 g/mol. The minimum Gasteiger partial charge on any atom is -0.482 e. The normalized spacial score (nSPS) is 14.0. The van der Waals surface area contributed by atoms with Crippen LogP contribution in [0.2, 0.25) is 0 Å². The average Bonchev–Trinajstić information content (AvgIpc) is 2.62. The zero-order valence-corrected chi connectivity index (χ0v) is 15.3. The third-order valence-electron chi connectivity index (χ3n) is 3.87. The third kappa shape index (κ3) is 4.06. The van der Waals surface area contributed by atoms with Gasteiger partial charge in [0.1, 0.15) is 30.0 Å². The van der Waals surface area contributed by atoms with Gasteiger partial charge in [0.2, 0.25) is 5.91 Å². The summed E-state index contributed by atoms with van der Waals surface area (Å²) < 4.78 is 33.0. The first-order valence-corrected chi connectivity index (χ1v) is 8.55. The number of anilines is 1. The van der Waals surface area contributed by atoms with Crippen LogP contribution in [0.25, 0.3) is 0 Å². The van der Waals surface area contributed by atoms with E-state index in [9.17, 15) is 23.6 Å². The highest BCUT2D eigenvalue weighted by Gasteiger charge is 2.28. The molecule has 1 N–H and O–H groups in total. The number of carbonyl (C=O) groups is 2. The van der Waals surface area contributed by atoms with Gasteiger partial charge < -0.3 is 10.1 Å². The van der Waals surface area contributed by atoms with Crippen LogP contribution in [-0.2, 0) is 9.59 Å². The van der Waals surface area contributed by atoms with E-state index < -0.39 is 29.5 Å². The molecule has 1 atom stereocenters. The molecule has 0 radical (unpaired) electrons. The van der Waals surface area contributed by atoms with Crippen LogP contribution in [0.5, 0.6) is 5.75 Å². The maximum atomic E-state index is 13.9. The van der Waals surface area contributed by atoms with Gasteiger partial charge in [-0.05, 0) is 24.3 Å². The predicted octanol–water partition coefficient (Wildman–Crippen LogP) is 2.83. The molecule has 138 valence electrons. The van der Waals surface area contributed by atoms with Crippen molar-refractivity contribution < 1.29 is 23.1 Å². The Hall–Kier alpha value is -2.99. The van der Waals surface area contributed by atoms with E-state index >= 15 is 0 Å². The molecule has 0 aromatic heterocycles. The number of nitrogens with one attached hydrogen (secondary N) is 1. The van der Waals surface area contributed by atoms with Crippen molar-refractivity contribution in [2.45, 2.75) is 6.04 Å². The van der Waals surface area contributed by atoms with Crippen molar-refractivity contribution >= 4 is 33.4 Å². The van der Waals surface area contributed by atoms with Crippen LogP contribution < -0.4 is 15.0 Å².